The van der Waals surface area contributed by atoms with Gasteiger partial charge in [0.15, 0.2) is 0 Å². The molecule has 6 nitrogen and oxygen atoms in total. The van der Waals surface area contributed by atoms with Gasteiger partial charge in [0.05, 0.1) is 16.5 Å². The Bertz CT molecular complexity index is 739. The van der Waals surface area contributed by atoms with Crippen LogP contribution >= 0.6 is 11.3 Å². The summed E-state index contributed by atoms with van der Waals surface area (Å²) in [5.74, 6) is -0.178. The van der Waals surface area contributed by atoms with Crippen LogP contribution in [0.15, 0.2) is 45.7 Å². The highest BCUT2D eigenvalue weighted by atomic mass is 32.1. The summed E-state index contributed by atoms with van der Waals surface area (Å²) in [6, 6.07) is 6.35. The molecular formula is C13H7NO5S. The molecular weight excluding hydrogens is 282 g/mol. The fourth-order valence-corrected chi connectivity index (χ4v) is 2.38. The molecule has 0 fully saturated rings. The summed E-state index contributed by atoms with van der Waals surface area (Å²) in [6.45, 7) is 0. The standard InChI is InChI=1S/C13H7NO5S/c15-13-8(6-9-3-4-12(18-9)14(16)17)7-10(19-13)11-2-1-5-20-11/h1-7H. The van der Waals surface area contributed by atoms with Crippen molar-refractivity contribution in [3.05, 3.63) is 62.0 Å². The zero-order valence-electron chi connectivity index (χ0n) is 9.94. The largest absolute Gasteiger partial charge is 0.433 e. The van der Waals surface area contributed by atoms with Crippen molar-refractivity contribution in [2.24, 2.45) is 0 Å². The molecule has 0 amide bonds. The van der Waals surface area contributed by atoms with Gasteiger partial charge >= 0.3 is 11.9 Å². The summed E-state index contributed by atoms with van der Waals surface area (Å²) in [5.41, 5.74) is 0.289. The van der Waals surface area contributed by atoms with Crippen molar-refractivity contribution in [3.63, 3.8) is 0 Å². The lowest BCUT2D eigenvalue weighted by Crippen LogP contribution is -1.96. The third kappa shape index (κ3) is 2.26. The molecule has 2 aromatic rings. The molecule has 7 heteroatoms. The van der Waals surface area contributed by atoms with Gasteiger partial charge in [0.1, 0.15) is 16.4 Å². The van der Waals surface area contributed by atoms with Gasteiger partial charge < -0.3 is 9.15 Å². The van der Waals surface area contributed by atoms with Gasteiger partial charge in [-0.3, -0.25) is 10.1 Å². The number of esters is 1. The van der Waals surface area contributed by atoms with E-state index in [4.69, 9.17) is 9.15 Å². The minimum absolute atomic E-state index is 0.229. The molecule has 0 unspecified atom stereocenters. The fraction of sp³-hybridized carbons (Fsp3) is 0. The Morgan fingerprint density at radius 1 is 1.30 bits per heavy atom. The molecule has 0 saturated heterocycles. The van der Waals surface area contributed by atoms with Crippen molar-refractivity contribution < 1.29 is 18.9 Å². The van der Waals surface area contributed by atoms with Crippen LogP contribution in [-0.4, -0.2) is 10.9 Å². The lowest BCUT2D eigenvalue weighted by atomic mass is 10.2. The second kappa shape index (κ2) is 4.78. The number of nitrogens with zero attached hydrogens (tertiary/aromatic N) is 1. The maximum atomic E-state index is 11.7. The maximum Gasteiger partial charge on any atom is 0.433 e. The topological polar surface area (TPSA) is 82.6 Å². The molecule has 0 aromatic carbocycles. The number of carbonyl (C=O) groups is 1. The summed E-state index contributed by atoms with van der Waals surface area (Å²) >= 11 is 1.45. The molecule has 0 saturated carbocycles. The van der Waals surface area contributed by atoms with Gasteiger partial charge in [-0.25, -0.2) is 4.79 Å². The Hall–Kier alpha value is -2.67. The van der Waals surface area contributed by atoms with Crippen molar-refractivity contribution in [1.82, 2.24) is 0 Å². The van der Waals surface area contributed by atoms with E-state index in [9.17, 15) is 14.9 Å². The van der Waals surface area contributed by atoms with E-state index in [1.807, 2.05) is 17.5 Å². The third-order valence-electron chi connectivity index (χ3n) is 2.58. The van der Waals surface area contributed by atoms with Gasteiger partial charge in [-0.2, -0.15) is 0 Å². The first kappa shape index (κ1) is 12.4. The SMILES string of the molecule is O=C1OC(c2cccs2)=CC1=Cc1ccc([N+](=O)[O-])o1. The molecule has 0 spiro atoms. The van der Waals surface area contributed by atoms with Gasteiger partial charge in [0.2, 0.25) is 0 Å². The van der Waals surface area contributed by atoms with Gasteiger partial charge in [-0.05, 0) is 29.7 Å². The molecule has 20 heavy (non-hydrogen) atoms. The van der Waals surface area contributed by atoms with Gasteiger partial charge in [-0.1, -0.05) is 6.07 Å². The van der Waals surface area contributed by atoms with Crippen LogP contribution < -0.4 is 0 Å². The highest BCUT2D eigenvalue weighted by Gasteiger charge is 2.23. The molecule has 1 aliphatic rings. The fourth-order valence-electron chi connectivity index (χ4n) is 1.70. The molecule has 0 aliphatic carbocycles. The first-order valence-electron chi connectivity index (χ1n) is 5.57. The normalized spacial score (nSPS) is 16.3. The highest BCUT2D eigenvalue weighted by molar-refractivity contribution is 7.11. The Balaban J connectivity index is 1.91. The number of cyclic esters (lactones) is 1. The Morgan fingerprint density at radius 2 is 2.15 bits per heavy atom. The van der Waals surface area contributed by atoms with Crippen molar-refractivity contribution in [2.75, 3.05) is 0 Å². The van der Waals surface area contributed by atoms with E-state index in [2.05, 4.69) is 0 Å². The molecule has 100 valence electrons. The average Bonchev–Trinajstić information content (AvgIpc) is 3.11. The number of hydrogen-bond acceptors (Lipinski definition) is 6. The van der Waals surface area contributed by atoms with Crippen LogP contribution in [0.5, 0.6) is 0 Å². The predicted molar refractivity (Wildman–Crippen MR) is 71.7 cm³/mol. The molecule has 1 aliphatic heterocycles. The summed E-state index contributed by atoms with van der Waals surface area (Å²) in [7, 11) is 0. The second-order valence-electron chi connectivity index (χ2n) is 3.91. The van der Waals surface area contributed by atoms with Crippen LogP contribution in [0.25, 0.3) is 11.8 Å². The monoisotopic (exact) mass is 289 g/mol. The minimum Gasteiger partial charge on any atom is -0.421 e. The zero-order chi connectivity index (χ0) is 14.1. The zero-order valence-corrected chi connectivity index (χ0v) is 10.8. The number of furan rings is 1. The maximum absolute atomic E-state index is 11.7. The van der Waals surface area contributed by atoms with Crippen LogP contribution in [0.3, 0.4) is 0 Å². The van der Waals surface area contributed by atoms with E-state index in [1.165, 1.54) is 29.5 Å². The van der Waals surface area contributed by atoms with E-state index < -0.39 is 10.9 Å². The molecule has 3 heterocycles. The molecule has 0 radical (unpaired) electrons. The van der Waals surface area contributed by atoms with E-state index in [0.717, 1.165) is 4.88 Å². The predicted octanol–water partition coefficient (Wildman–Crippen LogP) is 3.23. The van der Waals surface area contributed by atoms with E-state index in [1.54, 1.807) is 6.08 Å². The lowest BCUT2D eigenvalue weighted by Gasteiger charge is -1.95. The third-order valence-corrected chi connectivity index (χ3v) is 3.46. The number of thiophene rings is 1. The average molecular weight is 289 g/mol. The molecule has 3 rings (SSSR count). The number of ether oxygens (including phenoxy) is 1. The van der Waals surface area contributed by atoms with Crippen molar-refractivity contribution >= 4 is 35.0 Å². The minimum atomic E-state index is -0.637. The van der Waals surface area contributed by atoms with Crippen molar-refractivity contribution in [1.29, 1.82) is 0 Å². The lowest BCUT2D eigenvalue weighted by molar-refractivity contribution is -0.402. The number of hydrogen-bond donors (Lipinski definition) is 0. The second-order valence-corrected chi connectivity index (χ2v) is 4.86. The quantitative estimate of drug-likeness (QED) is 0.375. The van der Waals surface area contributed by atoms with E-state index in [0.29, 0.717) is 5.76 Å². The Labute approximate surface area is 116 Å². The van der Waals surface area contributed by atoms with Gasteiger partial charge in [0.25, 0.3) is 0 Å². The molecule has 0 atom stereocenters. The van der Waals surface area contributed by atoms with Crippen LogP contribution in [0.4, 0.5) is 5.88 Å². The Kier molecular flexibility index (Phi) is 2.96. The van der Waals surface area contributed by atoms with E-state index >= 15 is 0 Å². The highest BCUT2D eigenvalue weighted by Crippen LogP contribution is 2.30. The van der Waals surface area contributed by atoms with Crippen LogP contribution in [0.2, 0.25) is 0 Å². The first-order chi connectivity index (χ1) is 9.63. The summed E-state index contributed by atoms with van der Waals surface area (Å²) in [6.07, 6.45) is 3.00. The summed E-state index contributed by atoms with van der Waals surface area (Å²) in [4.78, 5) is 22.4. The smallest absolute Gasteiger partial charge is 0.421 e. The van der Waals surface area contributed by atoms with Crippen LogP contribution in [-0.2, 0) is 9.53 Å². The van der Waals surface area contributed by atoms with Gasteiger partial charge in [0, 0.05) is 0 Å². The number of nitro groups is 1. The van der Waals surface area contributed by atoms with Crippen molar-refractivity contribution in [2.45, 2.75) is 0 Å². The van der Waals surface area contributed by atoms with Gasteiger partial charge in [-0.15, -0.1) is 11.3 Å². The van der Waals surface area contributed by atoms with E-state index in [-0.39, 0.29) is 17.2 Å². The number of carbonyl (C=O) groups excluding carboxylic acids is 1. The summed E-state index contributed by atoms with van der Waals surface area (Å²) in [5, 5.41) is 12.4. The van der Waals surface area contributed by atoms with Crippen molar-refractivity contribution in [3.8, 4) is 0 Å². The molecule has 2 aromatic heterocycles. The molecule has 0 bridgehead atoms. The van der Waals surface area contributed by atoms with Crippen LogP contribution in [0, 0.1) is 10.1 Å². The first-order valence-corrected chi connectivity index (χ1v) is 6.45. The van der Waals surface area contributed by atoms with Crippen LogP contribution in [0.1, 0.15) is 10.6 Å². The number of rotatable bonds is 3. The Morgan fingerprint density at radius 3 is 2.80 bits per heavy atom. The summed E-state index contributed by atoms with van der Waals surface area (Å²) < 4.78 is 10.1. The molecule has 0 N–H and O–H groups in total.